The summed E-state index contributed by atoms with van der Waals surface area (Å²) in [5, 5.41) is 10.6. The predicted molar refractivity (Wildman–Crippen MR) is 35.4 cm³/mol. The minimum atomic E-state index is -4.80. The van der Waals surface area contributed by atoms with Crippen LogP contribution in [0.3, 0.4) is 0 Å². The number of halogens is 3. The van der Waals surface area contributed by atoms with Crippen molar-refractivity contribution in [3.05, 3.63) is 11.5 Å². The molecule has 0 bridgehead atoms. The molecule has 6 heteroatoms. The Balaban J connectivity index is 4.76. The van der Waals surface area contributed by atoms with Crippen LogP contribution in [0.15, 0.2) is 11.5 Å². The molecule has 0 aromatic carbocycles. The Morgan fingerprint density at radius 2 is 2.08 bits per heavy atom. The Hall–Kier alpha value is -1.20. The highest BCUT2D eigenvalue weighted by Crippen LogP contribution is 2.28. The summed E-state index contributed by atoms with van der Waals surface area (Å²) in [5.74, 6) is -1.48. The second-order valence-electron chi connectivity index (χ2n) is 2.07. The highest BCUT2D eigenvalue weighted by molar-refractivity contribution is 5.55. The number of hydrogen-bond acceptors (Lipinski definition) is 3. The van der Waals surface area contributed by atoms with Crippen molar-refractivity contribution in [2.75, 3.05) is 6.61 Å². The highest BCUT2D eigenvalue weighted by atomic mass is 19.4. The molecule has 0 aliphatic rings. The molecule has 0 N–H and O–H groups in total. The second-order valence-corrected chi connectivity index (χ2v) is 2.07. The number of hydrogen-bond donors (Lipinski definition) is 0. The Bertz CT molecular complexity index is 208. The lowest BCUT2D eigenvalue weighted by Gasteiger charge is -2.19. The van der Waals surface area contributed by atoms with E-state index in [4.69, 9.17) is 0 Å². The minimum absolute atomic E-state index is 0.0136. The van der Waals surface area contributed by atoms with Gasteiger partial charge in [-0.3, -0.25) is 0 Å². The van der Waals surface area contributed by atoms with E-state index >= 15 is 0 Å². The van der Waals surface area contributed by atoms with Gasteiger partial charge in [0, 0.05) is 6.42 Å². The van der Waals surface area contributed by atoms with Gasteiger partial charge in [0.1, 0.15) is 6.29 Å². The van der Waals surface area contributed by atoms with E-state index in [1.807, 2.05) is 0 Å². The van der Waals surface area contributed by atoms with Crippen LogP contribution in [0, 0.1) is 0 Å². The fourth-order valence-corrected chi connectivity index (χ4v) is 0.616. The molecule has 0 aliphatic heterocycles. The summed E-state index contributed by atoms with van der Waals surface area (Å²) in [4.78, 5) is 9.84. The first kappa shape index (κ1) is 11.8. The molecular formula is C7H8F3O3-. The van der Waals surface area contributed by atoms with Gasteiger partial charge in [-0.2, -0.15) is 13.2 Å². The van der Waals surface area contributed by atoms with Crippen molar-refractivity contribution in [3.8, 4) is 0 Å². The van der Waals surface area contributed by atoms with Crippen molar-refractivity contribution in [2.24, 2.45) is 0 Å². The molecule has 0 saturated heterocycles. The lowest BCUT2D eigenvalue weighted by molar-refractivity contribution is -0.362. The van der Waals surface area contributed by atoms with E-state index in [0.29, 0.717) is 0 Å². The standard InChI is InChI=1S/C7H9F3O3/c1-2-13-6(12)5(3-4-11)7(8,9)10/h4,12H,2-3H2,1H3/p-1/b6-5+. The van der Waals surface area contributed by atoms with Crippen molar-refractivity contribution >= 4 is 6.29 Å². The fraction of sp³-hybridized carbons (Fsp3) is 0.571. The number of carbonyl (C=O) groups is 1. The van der Waals surface area contributed by atoms with Crippen molar-refractivity contribution in [2.45, 2.75) is 19.5 Å². The second kappa shape index (κ2) is 4.74. The number of rotatable bonds is 4. The Morgan fingerprint density at radius 3 is 2.38 bits per heavy atom. The lowest BCUT2D eigenvalue weighted by atomic mass is 10.2. The number of alkyl halides is 3. The largest absolute Gasteiger partial charge is 0.613 e. The van der Waals surface area contributed by atoms with Crippen molar-refractivity contribution in [1.29, 1.82) is 0 Å². The van der Waals surface area contributed by atoms with E-state index in [0.717, 1.165) is 0 Å². The van der Waals surface area contributed by atoms with Crippen LogP contribution in [-0.2, 0) is 9.53 Å². The zero-order valence-electron chi connectivity index (χ0n) is 6.85. The maximum atomic E-state index is 12.0. The third-order valence-corrected chi connectivity index (χ3v) is 1.15. The van der Waals surface area contributed by atoms with Gasteiger partial charge in [-0.1, -0.05) is 6.92 Å². The average molecular weight is 197 g/mol. The molecule has 0 heterocycles. The van der Waals surface area contributed by atoms with Crippen molar-refractivity contribution in [3.63, 3.8) is 0 Å². The highest BCUT2D eigenvalue weighted by Gasteiger charge is 2.34. The number of aldehydes is 1. The third kappa shape index (κ3) is 3.82. The Morgan fingerprint density at radius 1 is 1.54 bits per heavy atom. The number of ether oxygens (including phenoxy) is 1. The smallest absolute Gasteiger partial charge is 0.414 e. The van der Waals surface area contributed by atoms with Gasteiger partial charge in [0.05, 0.1) is 11.5 Å². The van der Waals surface area contributed by atoms with E-state index in [1.165, 1.54) is 6.92 Å². The number of carbonyl (C=O) groups excluding carboxylic acids is 1. The fourth-order valence-electron chi connectivity index (χ4n) is 0.616. The van der Waals surface area contributed by atoms with Gasteiger partial charge in [-0.15, -0.1) is 0 Å². The van der Waals surface area contributed by atoms with Crippen LogP contribution in [0.25, 0.3) is 0 Å². The van der Waals surface area contributed by atoms with Crippen LogP contribution in [0.4, 0.5) is 13.2 Å². The van der Waals surface area contributed by atoms with E-state index < -0.39 is 24.1 Å². The molecule has 76 valence electrons. The van der Waals surface area contributed by atoms with Gasteiger partial charge in [0.25, 0.3) is 0 Å². The first-order valence-electron chi connectivity index (χ1n) is 3.47. The lowest BCUT2D eigenvalue weighted by Crippen LogP contribution is -2.22. The van der Waals surface area contributed by atoms with Crippen LogP contribution in [0.5, 0.6) is 0 Å². The first-order chi connectivity index (χ1) is 5.93. The molecule has 0 saturated carbocycles. The van der Waals surface area contributed by atoms with E-state index in [9.17, 15) is 23.1 Å². The first-order valence-corrected chi connectivity index (χ1v) is 3.47. The van der Waals surface area contributed by atoms with Crippen LogP contribution in [-0.4, -0.2) is 19.1 Å². The molecule has 0 atom stereocenters. The molecule has 3 nitrogen and oxygen atoms in total. The van der Waals surface area contributed by atoms with Crippen LogP contribution in [0.1, 0.15) is 13.3 Å². The van der Waals surface area contributed by atoms with Gasteiger partial charge in [-0.25, -0.2) is 0 Å². The molecule has 0 aromatic rings. The maximum Gasteiger partial charge on any atom is 0.414 e. The third-order valence-electron chi connectivity index (χ3n) is 1.15. The van der Waals surface area contributed by atoms with Gasteiger partial charge >= 0.3 is 6.18 Å². The average Bonchev–Trinajstić information content (AvgIpc) is 1.98. The molecule has 13 heavy (non-hydrogen) atoms. The summed E-state index contributed by atoms with van der Waals surface area (Å²) >= 11 is 0. The predicted octanol–water partition coefficient (Wildman–Crippen LogP) is 0.746. The number of allylic oxidation sites excluding steroid dienone is 1. The van der Waals surface area contributed by atoms with Gasteiger partial charge in [0.15, 0.2) is 0 Å². The molecule has 0 aromatic heterocycles. The van der Waals surface area contributed by atoms with E-state index in [1.54, 1.807) is 0 Å². The van der Waals surface area contributed by atoms with Crippen LogP contribution < -0.4 is 5.11 Å². The summed E-state index contributed by atoms with van der Waals surface area (Å²) in [6, 6.07) is 0. The topological polar surface area (TPSA) is 49.4 Å². The summed E-state index contributed by atoms with van der Waals surface area (Å²) < 4.78 is 40.1. The van der Waals surface area contributed by atoms with Crippen molar-refractivity contribution < 1.29 is 27.8 Å². The molecule has 0 aliphatic carbocycles. The summed E-state index contributed by atoms with van der Waals surface area (Å²) in [6.07, 6.45) is -5.75. The Kier molecular flexibility index (Phi) is 4.30. The van der Waals surface area contributed by atoms with Gasteiger partial charge in [0.2, 0.25) is 0 Å². The zero-order valence-corrected chi connectivity index (χ0v) is 6.85. The summed E-state index contributed by atoms with van der Waals surface area (Å²) in [5.41, 5.74) is -1.47. The SMILES string of the molecule is CCO/C([O-])=C(\CC=O)C(F)(F)F. The molecule has 0 unspecified atom stereocenters. The monoisotopic (exact) mass is 197 g/mol. The summed E-state index contributed by atoms with van der Waals surface area (Å²) in [7, 11) is 0. The molecule has 0 radical (unpaired) electrons. The molecule has 0 fully saturated rings. The minimum Gasteiger partial charge on any atom is -0.613 e. The maximum absolute atomic E-state index is 12.0. The molecule has 0 spiro atoms. The van der Waals surface area contributed by atoms with Crippen molar-refractivity contribution in [1.82, 2.24) is 0 Å². The van der Waals surface area contributed by atoms with E-state index in [2.05, 4.69) is 4.74 Å². The summed E-state index contributed by atoms with van der Waals surface area (Å²) in [6.45, 7) is 1.23. The van der Waals surface area contributed by atoms with Crippen LogP contribution >= 0.6 is 0 Å². The van der Waals surface area contributed by atoms with E-state index in [-0.39, 0.29) is 12.9 Å². The molecular weight excluding hydrogens is 189 g/mol. The van der Waals surface area contributed by atoms with Gasteiger partial charge in [-0.05, 0) is 6.61 Å². The quantitative estimate of drug-likeness (QED) is 0.493. The Labute approximate surface area is 72.8 Å². The molecule has 0 amide bonds. The normalized spacial score (nSPS) is 13.5. The van der Waals surface area contributed by atoms with Gasteiger partial charge < -0.3 is 14.6 Å². The molecule has 0 rings (SSSR count). The zero-order chi connectivity index (χ0) is 10.5. The van der Waals surface area contributed by atoms with Crippen LogP contribution in [0.2, 0.25) is 0 Å².